The van der Waals surface area contributed by atoms with Gasteiger partial charge in [0.2, 0.25) is 5.91 Å². The van der Waals surface area contributed by atoms with Crippen molar-refractivity contribution in [2.75, 3.05) is 0 Å². The molecule has 0 radical (unpaired) electrons. The van der Waals surface area contributed by atoms with Gasteiger partial charge < -0.3 is 10.6 Å². The van der Waals surface area contributed by atoms with Gasteiger partial charge in [-0.1, -0.05) is 50.2 Å². The molecule has 6 nitrogen and oxygen atoms in total. The van der Waals surface area contributed by atoms with Crippen molar-refractivity contribution in [3.63, 3.8) is 0 Å². The Bertz CT molecular complexity index is 1140. The molecule has 6 heteroatoms. The molecule has 1 aliphatic carbocycles. The van der Waals surface area contributed by atoms with Gasteiger partial charge in [-0.25, -0.2) is 0 Å². The zero-order chi connectivity index (χ0) is 25.0. The Morgan fingerprint density at radius 2 is 2.03 bits per heavy atom. The quantitative estimate of drug-likeness (QED) is 0.481. The topological polar surface area (TPSA) is 85.3 Å². The van der Waals surface area contributed by atoms with Gasteiger partial charge in [0.1, 0.15) is 0 Å². The standard InChI is InChI=1S/C29H34N4O2/c1-4-7-15-25(33-26(34)19-29(5-2,6-3)32-28(33)30)21-12-10-13-22(18-21)27(35)31-24-17-16-20-11-8-9-14-23(20)24/h1,8-14,18,24-25H,5-7,15-17,19H2,2-3H3,(H2,30,32)(H,31,35)/t24-,25-/m0/s1. The number of hydrogen-bond donors (Lipinski definition) is 3. The molecule has 0 aromatic heterocycles. The Hall–Kier alpha value is -3.59. The third-order valence-electron chi connectivity index (χ3n) is 7.58. The minimum absolute atomic E-state index is 0.00291. The third-order valence-corrected chi connectivity index (χ3v) is 7.58. The zero-order valence-corrected chi connectivity index (χ0v) is 20.6. The molecule has 1 heterocycles. The molecule has 0 spiro atoms. The van der Waals surface area contributed by atoms with Crippen LogP contribution in [0.1, 0.15) is 91.5 Å². The maximum absolute atomic E-state index is 13.3. The van der Waals surface area contributed by atoms with Crippen LogP contribution in [0.3, 0.4) is 0 Å². The monoisotopic (exact) mass is 470 g/mol. The van der Waals surface area contributed by atoms with E-state index in [0.717, 1.165) is 31.2 Å². The summed E-state index contributed by atoms with van der Waals surface area (Å²) in [6.45, 7) is 4.07. The molecule has 2 aromatic rings. The number of carbonyl (C=O) groups is 2. The molecule has 2 amide bonds. The van der Waals surface area contributed by atoms with Crippen molar-refractivity contribution in [1.82, 2.24) is 15.5 Å². The summed E-state index contributed by atoms with van der Waals surface area (Å²) >= 11 is 0. The lowest BCUT2D eigenvalue weighted by atomic mass is 9.85. The van der Waals surface area contributed by atoms with Gasteiger partial charge in [-0.05, 0) is 60.9 Å². The summed E-state index contributed by atoms with van der Waals surface area (Å²) in [6, 6.07) is 15.2. The van der Waals surface area contributed by atoms with Gasteiger partial charge >= 0.3 is 0 Å². The highest BCUT2D eigenvalue weighted by Crippen LogP contribution is 2.34. The second kappa shape index (κ2) is 10.4. The van der Waals surface area contributed by atoms with Crippen molar-refractivity contribution in [3.05, 3.63) is 70.8 Å². The molecule has 4 rings (SSSR count). The van der Waals surface area contributed by atoms with Gasteiger partial charge in [-0.15, -0.1) is 12.3 Å². The SMILES string of the molecule is C#CCC[C@@H](c1cccc(C(=O)N[C@H]2CCc3ccccc32)c1)N1C(=N)NC(CC)(CC)CC1=O. The van der Waals surface area contributed by atoms with E-state index in [1.807, 2.05) is 44.2 Å². The number of rotatable bonds is 8. The first-order valence-corrected chi connectivity index (χ1v) is 12.5. The van der Waals surface area contributed by atoms with Crippen LogP contribution in [-0.2, 0) is 11.2 Å². The number of terminal acetylenes is 1. The van der Waals surface area contributed by atoms with Gasteiger partial charge in [0, 0.05) is 17.5 Å². The molecular formula is C29H34N4O2. The molecule has 2 aromatic carbocycles. The van der Waals surface area contributed by atoms with Gasteiger partial charge in [0.25, 0.3) is 5.91 Å². The summed E-state index contributed by atoms with van der Waals surface area (Å²) in [7, 11) is 0. The number of aryl methyl sites for hydroxylation is 1. The average molecular weight is 471 g/mol. The average Bonchev–Trinajstić information content (AvgIpc) is 3.28. The first-order valence-electron chi connectivity index (χ1n) is 12.5. The molecule has 2 aliphatic rings. The predicted octanol–water partition coefficient (Wildman–Crippen LogP) is 4.87. The Morgan fingerprint density at radius 1 is 1.26 bits per heavy atom. The van der Waals surface area contributed by atoms with E-state index < -0.39 is 6.04 Å². The van der Waals surface area contributed by atoms with Crippen LogP contribution in [-0.4, -0.2) is 28.2 Å². The lowest BCUT2D eigenvalue weighted by Crippen LogP contribution is -2.62. The van der Waals surface area contributed by atoms with Gasteiger partial charge in [-0.2, -0.15) is 0 Å². The molecule has 1 fully saturated rings. The Balaban J connectivity index is 1.57. The summed E-state index contributed by atoms with van der Waals surface area (Å²) < 4.78 is 0. The number of nitrogens with zero attached hydrogens (tertiary/aromatic N) is 1. The summed E-state index contributed by atoms with van der Waals surface area (Å²) in [5.74, 6) is 2.54. The van der Waals surface area contributed by atoms with Crippen LogP contribution in [0, 0.1) is 17.8 Å². The van der Waals surface area contributed by atoms with Crippen molar-refractivity contribution >= 4 is 17.8 Å². The van der Waals surface area contributed by atoms with Crippen LogP contribution < -0.4 is 10.6 Å². The first-order chi connectivity index (χ1) is 16.9. The number of carbonyl (C=O) groups excluding carboxylic acids is 2. The van der Waals surface area contributed by atoms with E-state index in [2.05, 4.69) is 28.7 Å². The van der Waals surface area contributed by atoms with E-state index >= 15 is 0 Å². The number of amides is 2. The Kier molecular flexibility index (Phi) is 7.25. The van der Waals surface area contributed by atoms with Gasteiger partial charge in [0.15, 0.2) is 5.96 Å². The molecule has 0 bridgehead atoms. The molecular weight excluding hydrogens is 436 g/mol. The largest absolute Gasteiger partial charge is 0.350 e. The number of benzene rings is 2. The van der Waals surface area contributed by atoms with E-state index in [-0.39, 0.29) is 29.4 Å². The van der Waals surface area contributed by atoms with Crippen molar-refractivity contribution in [1.29, 1.82) is 5.41 Å². The molecule has 0 unspecified atom stereocenters. The normalized spacial score (nSPS) is 19.5. The maximum Gasteiger partial charge on any atom is 0.251 e. The summed E-state index contributed by atoms with van der Waals surface area (Å²) in [5.41, 5.74) is 3.42. The lowest BCUT2D eigenvalue weighted by molar-refractivity contribution is -0.132. The molecule has 3 N–H and O–H groups in total. The highest BCUT2D eigenvalue weighted by Gasteiger charge is 2.42. The summed E-state index contributed by atoms with van der Waals surface area (Å²) in [5, 5.41) is 15.1. The maximum atomic E-state index is 13.3. The fourth-order valence-corrected chi connectivity index (χ4v) is 5.36. The van der Waals surface area contributed by atoms with Crippen molar-refractivity contribution < 1.29 is 9.59 Å². The molecule has 1 aliphatic heterocycles. The summed E-state index contributed by atoms with van der Waals surface area (Å²) in [4.78, 5) is 28.0. The number of nitrogens with one attached hydrogen (secondary N) is 3. The number of guanidine groups is 1. The highest BCUT2D eigenvalue weighted by molar-refractivity contribution is 6.00. The highest BCUT2D eigenvalue weighted by atomic mass is 16.2. The third kappa shape index (κ3) is 4.95. The fourth-order valence-electron chi connectivity index (χ4n) is 5.36. The van der Waals surface area contributed by atoms with E-state index in [4.69, 9.17) is 11.8 Å². The van der Waals surface area contributed by atoms with Gasteiger partial charge in [-0.3, -0.25) is 19.9 Å². The van der Waals surface area contributed by atoms with Crippen LogP contribution in [0.5, 0.6) is 0 Å². The van der Waals surface area contributed by atoms with Crippen molar-refractivity contribution in [2.45, 2.75) is 76.4 Å². The predicted molar refractivity (Wildman–Crippen MR) is 138 cm³/mol. The van der Waals surface area contributed by atoms with Crippen LogP contribution in [0.2, 0.25) is 0 Å². The number of fused-ring (bicyclic) bond motifs is 1. The van der Waals surface area contributed by atoms with E-state index in [9.17, 15) is 9.59 Å². The van der Waals surface area contributed by atoms with Gasteiger partial charge in [0.05, 0.1) is 18.5 Å². The fraction of sp³-hybridized carbons (Fsp3) is 0.414. The molecule has 2 atom stereocenters. The smallest absolute Gasteiger partial charge is 0.251 e. The minimum Gasteiger partial charge on any atom is -0.350 e. The van der Waals surface area contributed by atoms with Crippen LogP contribution >= 0.6 is 0 Å². The lowest BCUT2D eigenvalue weighted by Gasteiger charge is -2.45. The van der Waals surface area contributed by atoms with Crippen LogP contribution in [0.4, 0.5) is 0 Å². The second-order valence-corrected chi connectivity index (χ2v) is 9.55. The Labute approximate surface area is 208 Å². The Morgan fingerprint density at radius 3 is 2.74 bits per heavy atom. The molecule has 182 valence electrons. The van der Waals surface area contributed by atoms with E-state index in [0.29, 0.717) is 24.8 Å². The number of hydrogen-bond acceptors (Lipinski definition) is 3. The van der Waals surface area contributed by atoms with Crippen LogP contribution in [0.25, 0.3) is 0 Å². The van der Waals surface area contributed by atoms with Crippen molar-refractivity contribution in [3.8, 4) is 12.3 Å². The zero-order valence-electron chi connectivity index (χ0n) is 20.6. The molecule has 35 heavy (non-hydrogen) atoms. The van der Waals surface area contributed by atoms with E-state index in [1.54, 1.807) is 6.07 Å². The molecule has 0 saturated carbocycles. The van der Waals surface area contributed by atoms with Crippen LogP contribution in [0.15, 0.2) is 48.5 Å². The minimum atomic E-state index is -0.412. The first kappa shape index (κ1) is 24.5. The molecule has 1 saturated heterocycles. The van der Waals surface area contributed by atoms with E-state index in [1.165, 1.54) is 16.0 Å². The second-order valence-electron chi connectivity index (χ2n) is 9.55. The summed E-state index contributed by atoms with van der Waals surface area (Å²) in [6.07, 6.45) is 10.2. The van der Waals surface area contributed by atoms with Crippen molar-refractivity contribution in [2.24, 2.45) is 0 Å².